The van der Waals surface area contributed by atoms with Crippen molar-refractivity contribution in [3.63, 3.8) is 0 Å². The monoisotopic (exact) mass is 347 g/mol. The number of hydrogen-bond donors (Lipinski definition) is 1. The van der Waals surface area contributed by atoms with Crippen LogP contribution in [0.4, 0.5) is 5.69 Å². The molecule has 0 aliphatic carbocycles. The van der Waals surface area contributed by atoms with Crippen LogP contribution in [0.1, 0.15) is 10.4 Å². The first-order valence-electron chi connectivity index (χ1n) is 5.23. The Bertz CT molecular complexity index is 668. The van der Waals surface area contributed by atoms with Gasteiger partial charge in [-0.05, 0) is 28.1 Å². The van der Waals surface area contributed by atoms with Gasteiger partial charge in [0.25, 0.3) is 5.91 Å². The molecule has 0 bridgehead atoms. The van der Waals surface area contributed by atoms with Gasteiger partial charge in [-0.2, -0.15) is 0 Å². The molecule has 0 aromatic heterocycles. The topological polar surface area (TPSA) is 89.5 Å². The fourth-order valence-corrected chi connectivity index (χ4v) is 2.83. The van der Waals surface area contributed by atoms with Crippen LogP contribution in [-0.2, 0) is 14.6 Å². The summed E-state index contributed by atoms with van der Waals surface area (Å²) < 4.78 is 27.9. The zero-order valence-corrected chi connectivity index (χ0v) is 12.3. The molecule has 1 aromatic rings. The van der Waals surface area contributed by atoms with Crippen molar-refractivity contribution in [2.24, 2.45) is 0 Å². The van der Waals surface area contributed by atoms with E-state index >= 15 is 0 Å². The van der Waals surface area contributed by atoms with Gasteiger partial charge in [0.05, 0.1) is 5.69 Å². The number of anilines is 1. The second kappa shape index (κ2) is 4.93. The van der Waals surface area contributed by atoms with Crippen LogP contribution in [0.3, 0.4) is 0 Å². The second-order valence-electron chi connectivity index (χ2n) is 4.16. The Balaban J connectivity index is 2.38. The Morgan fingerprint density at radius 1 is 1.47 bits per heavy atom. The van der Waals surface area contributed by atoms with Gasteiger partial charge in [0.1, 0.15) is 11.5 Å². The van der Waals surface area contributed by atoms with Crippen molar-refractivity contribution in [2.45, 2.75) is 0 Å². The summed E-state index contributed by atoms with van der Waals surface area (Å²) in [4.78, 5) is 23.0. The number of hydrogen-bond acceptors (Lipinski definition) is 5. The molecule has 0 fully saturated rings. The van der Waals surface area contributed by atoms with E-state index in [-0.39, 0.29) is 18.1 Å². The predicted octanol–water partition coefficient (Wildman–Crippen LogP) is 1.01. The third-order valence-corrected chi connectivity index (χ3v) is 3.84. The molecule has 0 unspecified atom stereocenters. The van der Waals surface area contributed by atoms with Crippen LogP contribution in [0.2, 0.25) is 0 Å². The first kappa shape index (κ1) is 14.0. The summed E-state index contributed by atoms with van der Waals surface area (Å²) in [5, 5.41) is 2.59. The third-order valence-electron chi connectivity index (χ3n) is 2.40. The molecule has 102 valence electrons. The Labute approximate surface area is 118 Å². The maximum absolute atomic E-state index is 11.9. The van der Waals surface area contributed by atoms with E-state index in [1.54, 1.807) is 0 Å². The molecule has 0 saturated heterocycles. The number of benzene rings is 1. The van der Waals surface area contributed by atoms with Crippen molar-refractivity contribution in [1.29, 1.82) is 0 Å². The molecule has 0 atom stereocenters. The molecule has 1 aliphatic heterocycles. The van der Waals surface area contributed by atoms with E-state index in [0.717, 1.165) is 6.26 Å². The molecule has 1 amide bonds. The molecule has 1 aliphatic rings. The molecule has 1 aromatic carbocycles. The number of nitrogens with one attached hydrogen (secondary N) is 1. The molecule has 19 heavy (non-hydrogen) atoms. The number of amides is 1. The molecule has 2 rings (SSSR count). The summed E-state index contributed by atoms with van der Waals surface area (Å²) in [6, 6.07) is 2.94. The number of sulfone groups is 1. The average Bonchev–Trinajstić information content (AvgIpc) is 2.25. The Kier molecular flexibility index (Phi) is 3.64. The van der Waals surface area contributed by atoms with Gasteiger partial charge in [0, 0.05) is 16.3 Å². The fraction of sp³-hybridized carbons (Fsp3) is 0.273. The van der Waals surface area contributed by atoms with E-state index in [2.05, 4.69) is 21.2 Å². The molecule has 1 N–H and O–H groups in total. The van der Waals surface area contributed by atoms with Gasteiger partial charge in [-0.25, -0.2) is 8.42 Å². The summed E-state index contributed by atoms with van der Waals surface area (Å²) in [5.74, 6) is -1.04. The van der Waals surface area contributed by atoms with Crippen molar-refractivity contribution in [3.8, 4) is 5.75 Å². The van der Waals surface area contributed by atoms with Crippen molar-refractivity contribution in [3.05, 3.63) is 22.2 Å². The number of ketones is 1. The summed E-state index contributed by atoms with van der Waals surface area (Å²) in [6.45, 7) is -0.131. The second-order valence-corrected chi connectivity index (χ2v) is 7.15. The first-order chi connectivity index (χ1) is 8.76. The Morgan fingerprint density at radius 3 is 2.79 bits per heavy atom. The summed E-state index contributed by atoms with van der Waals surface area (Å²) >= 11 is 3.18. The van der Waals surface area contributed by atoms with Gasteiger partial charge in [0.15, 0.2) is 22.2 Å². The van der Waals surface area contributed by atoms with Crippen molar-refractivity contribution in [2.75, 3.05) is 23.9 Å². The van der Waals surface area contributed by atoms with Gasteiger partial charge >= 0.3 is 0 Å². The normalized spacial score (nSPS) is 14.3. The van der Waals surface area contributed by atoms with Crippen molar-refractivity contribution in [1.82, 2.24) is 0 Å². The zero-order chi connectivity index (χ0) is 14.2. The highest BCUT2D eigenvalue weighted by Crippen LogP contribution is 2.33. The number of carbonyl (C=O) groups excluding carboxylic acids is 2. The number of halogens is 1. The van der Waals surface area contributed by atoms with E-state index in [1.165, 1.54) is 12.1 Å². The minimum atomic E-state index is -3.40. The summed E-state index contributed by atoms with van der Waals surface area (Å²) in [5.41, 5.74) is 0.652. The van der Waals surface area contributed by atoms with Gasteiger partial charge in [-0.1, -0.05) is 0 Å². The number of fused-ring (bicyclic) bond motifs is 1. The fourth-order valence-electron chi connectivity index (χ4n) is 1.63. The number of rotatable bonds is 3. The highest BCUT2D eigenvalue weighted by molar-refractivity contribution is 9.10. The van der Waals surface area contributed by atoms with Gasteiger partial charge in [-0.15, -0.1) is 0 Å². The maximum atomic E-state index is 11.9. The smallest absolute Gasteiger partial charge is 0.262 e. The van der Waals surface area contributed by atoms with Gasteiger partial charge in [-0.3, -0.25) is 9.59 Å². The predicted molar refractivity (Wildman–Crippen MR) is 72.3 cm³/mol. The molecular formula is C11H10BrNO5S. The standard InChI is InChI=1S/C11H10BrNO5S/c1-19(16,17)5-9(14)6-2-10-8(3-7(6)12)13-11(15)4-18-10/h2-3H,4-5H2,1H3,(H,13,15). The van der Waals surface area contributed by atoms with Crippen molar-refractivity contribution < 1.29 is 22.7 Å². The van der Waals surface area contributed by atoms with E-state index in [1.807, 2.05) is 0 Å². The lowest BCUT2D eigenvalue weighted by Crippen LogP contribution is -2.26. The van der Waals surface area contributed by atoms with Crippen LogP contribution in [0, 0.1) is 0 Å². The summed E-state index contributed by atoms with van der Waals surface area (Å²) in [7, 11) is -3.40. The molecule has 0 radical (unpaired) electrons. The van der Waals surface area contributed by atoms with Crippen LogP contribution >= 0.6 is 15.9 Å². The quantitative estimate of drug-likeness (QED) is 0.824. The molecular weight excluding hydrogens is 338 g/mol. The molecule has 6 nitrogen and oxygen atoms in total. The molecule has 0 saturated carbocycles. The summed E-state index contributed by atoms with van der Waals surface area (Å²) in [6.07, 6.45) is 0.994. The van der Waals surface area contributed by atoms with E-state index < -0.39 is 21.4 Å². The van der Waals surface area contributed by atoms with E-state index in [0.29, 0.717) is 15.9 Å². The largest absolute Gasteiger partial charge is 0.482 e. The first-order valence-corrected chi connectivity index (χ1v) is 8.09. The lowest BCUT2D eigenvalue weighted by atomic mass is 10.1. The number of Topliss-reactive ketones (excluding diaryl/α,β-unsaturated/α-hetero) is 1. The zero-order valence-electron chi connectivity index (χ0n) is 9.90. The minimum Gasteiger partial charge on any atom is -0.482 e. The lowest BCUT2D eigenvalue weighted by Gasteiger charge is -2.19. The lowest BCUT2D eigenvalue weighted by molar-refractivity contribution is -0.118. The van der Waals surface area contributed by atoms with Crippen LogP contribution in [-0.4, -0.2) is 38.7 Å². The van der Waals surface area contributed by atoms with Crippen LogP contribution < -0.4 is 10.1 Å². The third kappa shape index (κ3) is 3.32. The van der Waals surface area contributed by atoms with Gasteiger partial charge < -0.3 is 10.1 Å². The highest BCUT2D eigenvalue weighted by Gasteiger charge is 2.22. The van der Waals surface area contributed by atoms with Crippen molar-refractivity contribution >= 4 is 43.1 Å². The number of carbonyl (C=O) groups is 2. The molecule has 0 spiro atoms. The maximum Gasteiger partial charge on any atom is 0.262 e. The highest BCUT2D eigenvalue weighted by atomic mass is 79.9. The Morgan fingerprint density at radius 2 is 2.16 bits per heavy atom. The number of ether oxygens (including phenoxy) is 1. The molecule has 1 heterocycles. The van der Waals surface area contributed by atoms with Gasteiger partial charge in [0.2, 0.25) is 0 Å². The average molecular weight is 348 g/mol. The Hall–Kier alpha value is -1.41. The SMILES string of the molecule is CS(=O)(=O)CC(=O)c1cc2c(cc1Br)NC(=O)CO2. The minimum absolute atomic E-state index is 0.131. The van der Waals surface area contributed by atoms with Crippen LogP contribution in [0.15, 0.2) is 16.6 Å². The van der Waals surface area contributed by atoms with E-state index in [9.17, 15) is 18.0 Å². The van der Waals surface area contributed by atoms with Crippen LogP contribution in [0.25, 0.3) is 0 Å². The molecule has 8 heteroatoms. The van der Waals surface area contributed by atoms with E-state index in [4.69, 9.17) is 4.74 Å². The van der Waals surface area contributed by atoms with Crippen LogP contribution in [0.5, 0.6) is 5.75 Å².